The van der Waals surface area contributed by atoms with Gasteiger partial charge >= 0.3 is 5.97 Å². The Hall–Kier alpha value is -2.89. The minimum absolute atomic E-state index is 0.233. The third-order valence-electron chi connectivity index (χ3n) is 4.79. The van der Waals surface area contributed by atoms with Crippen LogP contribution in [0.5, 0.6) is 0 Å². The number of carboxylic acids is 1. The van der Waals surface area contributed by atoms with Gasteiger partial charge in [0.15, 0.2) is 0 Å². The molecule has 0 radical (unpaired) electrons. The van der Waals surface area contributed by atoms with Crippen molar-refractivity contribution in [3.63, 3.8) is 0 Å². The van der Waals surface area contributed by atoms with Gasteiger partial charge in [0.2, 0.25) is 5.95 Å². The van der Waals surface area contributed by atoms with Crippen LogP contribution in [-0.4, -0.2) is 25.6 Å². The summed E-state index contributed by atoms with van der Waals surface area (Å²) >= 11 is 0. The molecule has 25 heavy (non-hydrogen) atoms. The summed E-state index contributed by atoms with van der Waals surface area (Å²) in [6.45, 7) is 0. The third-order valence-corrected chi connectivity index (χ3v) is 4.79. The quantitative estimate of drug-likeness (QED) is 0.739. The van der Waals surface area contributed by atoms with Gasteiger partial charge in [-0.05, 0) is 37.1 Å². The highest BCUT2D eigenvalue weighted by Gasteiger charge is 2.17. The minimum atomic E-state index is -0.953. The zero-order valence-corrected chi connectivity index (χ0v) is 13.9. The molecule has 1 aliphatic carbocycles. The summed E-state index contributed by atoms with van der Waals surface area (Å²) in [5.74, 6) is -0.475. The summed E-state index contributed by atoms with van der Waals surface area (Å²) in [4.78, 5) is 20.1. The molecule has 2 aromatic heterocycles. The number of aromatic nitrogens is 3. The fourth-order valence-electron chi connectivity index (χ4n) is 3.51. The van der Waals surface area contributed by atoms with E-state index >= 15 is 0 Å². The first-order chi connectivity index (χ1) is 12.2. The third kappa shape index (κ3) is 3.20. The van der Waals surface area contributed by atoms with Gasteiger partial charge in [-0.15, -0.1) is 0 Å². The Morgan fingerprint density at radius 3 is 2.84 bits per heavy atom. The molecule has 6 nitrogen and oxygen atoms in total. The smallest absolute Gasteiger partial charge is 0.335 e. The lowest BCUT2D eigenvalue weighted by Gasteiger charge is -2.23. The van der Waals surface area contributed by atoms with Gasteiger partial charge in [-0.3, -0.25) is 0 Å². The normalized spacial score (nSPS) is 15.4. The highest BCUT2D eigenvalue weighted by atomic mass is 16.4. The maximum absolute atomic E-state index is 11.1. The number of rotatable bonds is 4. The Kier molecular flexibility index (Phi) is 4.09. The second-order valence-corrected chi connectivity index (χ2v) is 6.50. The molecule has 128 valence electrons. The molecule has 2 N–H and O–H groups in total. The van der Waals surface area contributed by atoms with Crippen molar-refractivity contribution < 1.29 is 9.90 Å². The number of hydrogen-bond donors (Lipinski definition) is 2. The first kappa shape index (κ1) is 15.6. The fourth-order valence-corrected chi connectivity index (χ4v) is 3.51. The van der Waals surface area contributed by atoms with Crippen molar-refractivity contribution in [2.45, 2.75) is 38.1 Å². The van der Waals surface area contributed by atoms with E-state index in [1.807, 2.05) is 6.20 Å². The number of nitrogens with one attached hydrogen (secondary N) is 1. The van der Waals surface area contributed by atoms with E-state index in [0.29, 0.717) is 17.7 Å². The van der Waals surface area contributed by atoms with E-state index in [1.165, 1.54) is 32.1 Å². The van der Waals surface area contributed by atoms with E-state index in [1.54, 1.807) is 24.3 Å². The Labute approximate surface area is 145 Å². The molecule has 1 aliphatic rings. The van der Waals surface area contributed by atoms with Crippen LogP contribution in [-0.2, 0) is 0 Å². The van der Waals surface area contributed by atoms with Crippen molar-refractivity contribution in [2.24, 2.45) is 0 Å². The molecule has 0 atom stereocenters. The molecule has 0 amide bonds. The molecule has 0 unspecified atom stereocenters. The lowest BCUT2D eigenvalue weighted by molar-refractivity contribution is 0.0697. The van der Waals surface area contributed by atoms with E-state index in [0.717, 1.165) is 11.0 Å². The van der Waals surface area contributed by atoms with Crippen LogP contribution in [0.1, 0.15) is 48.5 Å². The molecule has 1 aromatic carbocycles. The Morgan fingerprint density at radius 2 is 2.04 bits per heavy atom. The molecule has 0 bridgehead atoms. The van der Waals surface area contributed by atoms with Crippen LogP contribution in [0, 0.1) is 0 Å². The van der Waals surface area contributed by atoms with Crippen LogP contribution in [0.3, 0.4) is 0 Å². The van der Waals surface area contributed by atoms with E-state index < -0.39 is 5.97 Å². The Morgan fingerprint density at radius 1 is 1.20 bits per heavy atom. The summed E-state index contributed by atoms with van der Waals surface area (Å²) in [7, 11) is 0. The van der Waals surface area contributed by atoms with Crippen molar-refractivity contribution in [3.05, 3.63) is 48.3 Å². The van der Waals surface area contributed by atoms with Crippen molar-refractivity contribution in [1.29, 1.82) is 0 Å². The first-order valence-electron chi connectivity index (χ1n) is 8.65. The molecule has 3 aromatic rings. The van der Waals surface area contributed by atoms with Gasteiger partial charge in [-0.1, -0.05) is 25.3 Å². The molecular weight excluding hydrogens is 316 g/mol. The van der Waals surface area contributed by atoms with Crippen LogP contribution in [0.4, 0.5) is 11.6 Å². The maximum atomic E-state index is 11.1. The van der Waals surface area contributed by atoms with Crippen molar-refractivity contribution >= 4 is 28.6 Å². The minimum Gasteiger partial charge on any atom is -0.478 e. The summed E-state index contributed by atoms with van der Waals surface area (Å²) in [6, 6.07) is 9.21. The molecule has 1 fully saturated rings. The van der Waals surface area contributed by atoms with Crippen LogP contribution in [0.25, 0.3) is 11.0 Å². The second-order valence-electron chi connectivity index (χ2n) is 6.50. The van der Waals surface area contributed by atoms with Gasteiger partial charge in [0, 0.05) is 29.5 Å². The molecular formula is C19H20N4O2. The molecule has 2 heterocycles. The highest BCUT2D eigenvalue weighted by Crippen LogP contribution is 2.31. The van der Waals surface area contributed by atoms with Crippen LogP contribution >= 0.6 is 0 Å². The second kappa shape index (κ2) is 6.55. The van der Waals surface area contributed by atoms with E-state index in [2.05, 4.69) is 32.1 Å². The lowest BCUT2D eigenvalue weighted by atomic mass is 9.95. The van der Waals surface area contributed by atoms with Gasteiger partial charge in [-0.2, -0.15) is 4.98 Å². The predicted octanol–water partition coefficient (Wildman–Crippen LogP) is 4.38. The topological polar surface area (TPSA) is 80.0 Å². The molecule has 1 saturated carbocycles. The van der Waals surface area contributed by atoms with Crippen LogP contribution in [0.15, 0.2) is 42.7 Å². The number of anilines is 2. The van der Waals surface area contributed by atoms with Crippen molar-refractivity contribution in [2.75, 3.05) is 5.32 Å². The number of benzene rings is 1. The monoisotopic (exact) mass is 336 g/mol. The summed E-state index contributed by atoms with van der Waals surface area (Å²) in [5.41, 5.74) is 1.82. The average molecular weight is 336 g/mol. The van der Waals surface area contributed by atoms with Gasteiger partial charge in [0.25, 0.3) is 0 Å². The largest absolute Gasteiger partial charge is 0.478 e. The zero-order valence-electron chi connectivity index (χ0n) is 13.9. The van der Waals surface area contributed by atoms with Gasteiger partial charge in [0.05, 0.1) is 5.56 Å². The number of carboxylic acid groups (broad SMARTS) is 1. The Balaban J connectivity index is 1.64. The van der Waals surface area contributed by atoms with Crippen molar-refractivity contribution in [3.8, 4) is 0 Å². The highest BCUT2D eigenvalue weighted by molar-refractivity contribution is 5.89. The van der Waals surface area contributed by atoms with Crippen LogP contribution < -0.4 is 5.32 Å². The predicted molar refractivity (Wildman–Crippen MR) is 96.3 cm³/mol. The molecule has 6 heteroatoms. The van der Waals surface area contributed by atoms with Gasteiger partial charge in [0.1, 0.15) is 5.65 Å². The van der Waals surface area contributed by atoms with E-state index in [9.17, 15) is 4.79 Å². The van der Waals surface area contributed by atoms with Gasteiger partial charge < -0.3 is 15.0 Å². The number of carbonyl (C=O) groups is 1. The molecule has 0 saturated heterocycles. The van der Waals surface area contributed by atoms with Crippen molar-refractivity contribution in [1.82, 2.24) is 14.5 Å². The molecule has 0 aliphatic heterocycles. The number of fused-ring (bicyclic) bond motifs is 1. The maximum Gasteiger partial charge on any atom is 0.335 e. The van der Waals surface area contributed by atoms with E-state index in [4.69, 9.17) is 5.11 Å². The summed E-state index contributed by atoms with van der Waals surface area (Å²) < 4.78 is 2.26. The van der Waals surface area contributed by atoms with Crippen LogP contribution in [0.2, 0.25) is 0 Å². The summed E-state index contributed by atoms with van der Waals surface area (Å²) in [6.07, 6.45) is 10.1. The SMILES string of the molecule is O=C(O)c1cccc(Nc2ncc3ccn(C4CCCCC4)c3n2)c1. The Bertz CT molecular complexity index is 913. The average Bonchev–Trinajstić information content (AvgIpc) is 3.06. The number of nitrogens with zero attached hydrogens (tertiary/aromatic N) is 3. The number of hydrogen-bond acceptors (Lipinski definition) is 4. The molecule has 4 rings (SSSR count). The summed E-state index contributed by atoms with van der Waals surface area (Å²) in [5, 5.41) is 13.2. The number of aromatic carboxylic acids is 1. The zero-order chi connectivity index (χ0) is 17.2. The van der Waals surface area contributed by atoms with Gasteiger partial charge in [-0.25, -0.2) is 9.78 Å². The van der Waals surface area contributed by atoms with E-state index in [-0.39, 0.29) is 5.56 Å². The standard InChI is InChI=1S/C19H20N4O2/c24-18(25)13-5-4-6-15(11-13)21-19-20-12-14-9-10-23(17(14)22-19)16-7-2-1-3-8-16/h4-6,9-12,16H,1-3,7-8H2,(H,24,25)(H,20,21,22). The first-order valence-corrected chi connectivity index (χ1v) is 8.65. The fraction of sp³-hybridized carbons (Fsp3) is 0.316. The lowest BCUT2D eigenvalue weighted by Crippen LogP contribution is -2.12. The molecule has 0 spiro atoms.